The lowest BCUT2D eigenvalue weighted by atomic mass is 10.0. The SMILES string of the molecule is CCOC(=O)N1CCC(NC(C(=O)OC)C2CC2)CC1. The first kappa shape index (κ1) is 15.1. The fourth-order valence-electron chi connectivity index (χ4n) is 2.65. The van der Waals surface area contributed by atoms with Crippen LogP contribution in [0.1, 0.15) is 32.6 Å². The summed E-state index contributed by atoms with van der Waals surface area (Å²) in [4.78, 5) is 25.1. The molecule has 0 radical (unpaired) electrons. The molecule has 0 spiro atoms. The normalized spacial score (nSPS) is 21.4. The van der Waals surface area contributed by atoms with Crippen LogP contribution in [0.2, 0.25) is 0 Å². The van der Waals surface area contributed by atoms with Crippen LogP contribution in [0.4, 0.5) is 4.79 Å². The van der Waals surface area contributed by atoms with Crippen molar-refractivity contribution in [2.24, 2.45) is 5.92 Å². The number of nitrogens with one attached hydrogen (secondary N) is 1. The molecular weight excluding hydrogens is 260 g/mol. The number of piperidine rings is 1. The zero-order valence-corrected chi connectivity index (χ0v) is 12.3. The van der Waals surface area contributed by atoms with Gasteiger partial charge in [0.1, 0.15) is 6.04 Å². The number of rotatable bonds is 5. The van der Waals surface area contributed by atoms with E-state index in [2.05, 4.69) is 5.32 Å². The van der Waals surface area contributed by atoms with Gasteiger partial charge >= 0.3 is 12.1 Å². The zero-order chi connectivity index (χ0) is 14.5. The number of amides is 1. The van der Waals surface area contributed by atoms with Gasteiger partial charge in [0.2, 0.25) is 0 Å². The molecule has 1 atom stereocenters. The highest BCUT2D eigenvalue weighted by Gasteiger charge is 2.38. The fourth-order valence-corrected chi connectivity index (χ4v) is 2.65. The molecule has 114 valence electrons. The maximum atomic E-state index is 11.8. The Balaban J connectivity index is 1.78. The largest absolute Gasteiger partial charge is 0.468 e. The third-order valence-corrected chi connectivity index (χ3v) is 3.98. The lowest BCUT2D eigenvalue weighted by molar-refractivity contribution is -0.144. The standard InChI is InChI=1S/C14H24N2O4/c1-3-20-14(18)16-8-6-11(7-9-16)15-12(10-4-5-10)13(17)19-2/h10-12,15H,3-9H2,1-2H3. The fraction of sp³-hybridized carbons (Fsp3) is 0.857. The number of nitrogens with zero attached hydrogens (tertiary/aromatic N) is 1. The summed E-state index contributed by atoms with van der Waals surface area (Å²) >= 11 is 0. The molecule has 6 nitrogen and oxygen atoms in total. The predicted molar refractivity (Wildman–Crippen MR) is 73.3 cm³/mol. The Morgan fingerprint density at radius 2 is 1.90 bits per heavy atom. The van der Waals surface area contributed by atoms with Gasteiger partial charge in [0.25, 0.3) is 0 Å². The Hall–Kier alpha value is -1.30. The Bertz CT molecular complexity index is 349. The van der Waals surface area contributed by atoms with Crippen LogP contribution in [0.15, 0.2) is 0 Å². The maximum Gasteiger partial charge on any atom is 0.409 e. The van der Waals surface area contributed by atoms with E-state index in [1.165, 1.54) is 7.11 Å². The summed E-state index contributed by atoms with van der Waals surface area (Å²) in [5, 5.41) is 3.41. The summed E-state index contributed by atoms with van der Waals surface area (Å²) in [7, 11) is 1.43. The van der Waals surface area contributed by atoms with E-state index in [4.69, 9.17) is 9.47 Å². The van der Waals surface area contributed by atoms with E-state index in [0.717, 1.165) is 25.7 Å². The zero-order valence-electron chi connectivity index (χ0n) is 12.3. The van der Waals surface area contributed by atoms with E-state index in [9.17, 15) is 9.59 Å². The predicted octanol–water partition coefficient (Wildman–Crippen LogP) is 1.15. The van der Waals surface area contributed by atoms with E-state index in [1.54, 1.807) is 4.90 Å². The van der Waals surface area contributed by atoms with Crippen molar-refractivity contribution in [2.45, 2.75) is 44.7 Å². The molecule has 1 saturated carbocycles. The second kappa shape index (κ2) is 6.92. The van der Waals surface area contributed by atoms with Crippen LogP contribution in [-0.2, 0) is 14.3 Å². The lowest BCUT2D eigenvalue weighted by Gasteiger charge is -2.33. The molecule has 2 fully saturated rings. The Morgan fingerprint density at radius 1 is 1.25 bits per heavy atom. The Kier molecular flexibility index (Phi) is 5.23. The smallest absolute Gasteiger partial charge is 0.409 e. The van der Waals surface area contributed by atoms with Gasteiger partial charge in [-0.2, -0.15) is 0 Å². The average molecular weight is 284 g/mol. The van der Waals surface area contributed by atoms with Gasteiger partial charge in [0.15, 0.2) is 0 Å². The number of methoxy groups -OCH3 is 1. The van der Waals surface area contributed by atoms with Gasteiger partial charge in [-0.25, -0.2) is 4.79 Å². The highest BCUT2D eigenvalue weighted by Crippen LogP contribution is 2.33. The molecule has 1 aliphatic heterocycles. The summed E-state index contributed by atoms with van der Waals surface area (Å²) in [6, 6.07) is 0.0875. The molecular formula is C14H24N2O4. The van der Waals surface area contributed by atoms with Crippen molar-refractivity contribution >= 4 is 12.1 Å². The number of likely N-dealkylation sites (tertiary alicyclic amines) is 1. The van der Waals surface area contributed by atoms with Crippen LogP contribution in [-0.4, -0.2) is 55.9 Å². The van der Waals surface area contributed by atoms with E-state index in [1.807, 2.05) is 6.92 Å². The second-order valence-corrected chi connectivity index (χ2v) is 5.47. The molecule has 1 heterocycles. The Labute approximate surface area is 119 Å². The number of hydrogen-bond donors (Lipinski definition) is 1. The molecule has 0 aromatic rings. The van der Waals surface area contributed by atoms with Gasteiger partial charge in [-0.1, -0.05) is 0 Å². The van der Waals surface area contributed by atoms with E-state index < -0.39 is 0 Å². The van der Waals surface area contributed by atoms with Gasteiger partial charge in [-0.15, -0.1) is 0 Å². The topological polar surface area (TPSA) is 67.9 Å². The molecule has 1 unspecified atom stereocenters. The first-order valence-corrected chi connectivity index (χ1v) is 7.41. The van der Waals surface area contributed by atoms with Crippen LogP contribution >= 0.6 is 0 Å². The maximum absolute atomic E-state index is 11.8. The van der Waals surface area contributed by atoms with Crippen molar-refractivity contribution in [3.63, 3.8) is 0 Å². The van der Waals surface area contributed by atoms with Crippen molar-refractivity contribution < 1.29 is 19.1 Å². The molecule has 2 aliphatic rings. The first-order valence-electron chi connectivity index (χ1n) is 7.41. The molecule has 20 heavy (non-hydrogen) atoms. The van der Waals surface area contributed by atoms with Crippen LogP contribution in [0.25, 0.3) is 0 Å². The molecule has 0 bridgehead atoms. The number of hydrogen-bond acceptors (Lipinski definition) is 5. The van der Waals surface area contributed by atoms with Crippen LogP contribution < -0.4 is 5.32 Å². The summed E-state index contributed by atoms with van der Waals surface area (Å²) in [6.07, 6.45) is 3.64. The van der Waals surface area contributed by atoms with Crippen molar-refractivity contribution in [1.82, 2.24) is 10.2 Å². The third kappa shape index (κ3) is 3.85. The summed E-state index contributed by atoms with van der Waals surface area (Å²) in [5.74, 6) is 0.255. The first-order chi connectivity index (χ1) is 9.65. The van der Waals surface area contributed by atoms with E-state index >= 15 is 0 Å². The van der Waals surface area contributed by atoms with Crippen molar-refractivity contribution in [2.75, 3.05) is 26.8 Å². The molecule has 1 amide bonds. The molecule has 1 N–H and O–H groups in total. The number of esters is 1. The van der Waals surface area contributed by atoms with Gasteiger partial charge in [-0.05, 0) is 38.5 Å². The van der Waals surface area contributed by atoms with Gasteiger partial charge in [0, 0.05) is 19.1 Å². The highest BCUT2D eigenvalue weighted by atomic mass is 16.6. The molecule has 0 aromatic heterocycles. The lowest BCUT2D eigenvalue weighted by Crippen LogP contribution is -2.51. The monoisotopic (exact) mass is 284 g/mol. The summed E-state index contributed by atoms with van der Waals surface area (Å²) in [6.45, 7) is 3.57. The van der Waals surface area contributed by atoms with E-state index in [0.29, 0.717) is 25.6 Å². The minimum absolute atomic E-state index is 0.166. The Morgan fingerprint density at radius 3 is 2.40 bits per heavy atom. The molecule has 1 aliphatic carbocycles. The summed E-state index contributed by atoms with van der Waals surface area (Å²) in [5.41, 5.74) is 0. The van der Waals surface area contributed by atoms with Crippen LogP contribution in [0.3, 0.4) is 0 Å². The molecule has 2 rings (SSSR count). The van der Waals surface area contributed by atoms with Crippen molar-refractivity contribution in [1.29, 1.82) is 0 Å². The number of carbonyl (C=O) groups excluding carboxylic acids is 2. The minimum atomic E-state index is -0.238. The van der Waals surface area contributed by atoms with Crippen LogP contribution in [0, 0.1) is 5.92 Å². The number of carbonyl (C=O) groups is 2. The van der Waals surface area contributed by atoms with E-state index in [-0.39, 0.29) is 24.1 Å². The van der Waals surface area contributed by atoms with Gasteiger partial charge in [0.05, 0.1) is 13.7 Å². The number of ether oxygens (including phenoxy) is 2. The summed E-state index contributed by atoms with van der Waals surface area (Å²) < 4.78 is 9.85. The van der Waals surface area contributed by atoms with Crippen molar-refractivity contribution in [3.8, 4) is 0 Å². The van der Waals surface area contributed by atoms with Gasteiger partial charge in [-0.3, -0.25) is 4.79 Å². The average Bonchev–Trinajstić information content (AvgIpc) is 3.29. The quantitative estimate of drug-likeness (QED) is 0.767. The van der Waals surface area contributed by atoms with Crippen LogP contribution in [0.5, 0.6) is 0 Å². The minimum Gasteiger partial charge on any atom is -0.468 e. The third-order valence-electron chi connectivity index (χ3n) is 3.98. The van der Waals surface area contributed by atoms with Crippen molar-refractivity contribution in [3.05, 3.63) is 0 Å². The van der Waals surface area contributed by atoms with Gasteiger partial charge < -0.3 is 19.7 Å². The molecule has 6 heteroatoms. The molecule has 1 saturated heterocycles. The highest BCUT2D eigenvalue weighted by molar-refractivity contribution is 5.76. The second-order valence-electron chi connectivity index (χ2n) is 5.47. The molecule has 0 aromatic carbocycles.